The lowest BCUT2D eigenvalue weighted by Crippen LogP contribution is -2.09. The lowest BCUT2D eigenvalue weighted by Gasteiger charge is -2.08. The molecule has 0 aliphatic carbocycles. The molecule has 0 atom stereocenters. The summed E-state index contributed by atoms with van der Waals surface area (Å²) in [5.41, 5.74) is 0.0248. The Morgan fingerprint density at radius 3 is 2.05 bits per heavy atom. The third-order valence-electron chi connectivity index (χ3n) is 2.95. The second-order valence-corrected chi connectivity index (χ2v) is 4.72. The SMILES string of the molecule is O=C(Cc1cccc(F)c1)Cc1cccc(C(F)(F)F)c1. The van der Waals surface area contributed by atoms with E-state index in [9.17, 15) is 22.4 Å². The Labute approximate surface area is 119 Å². The number of halogens is 4. The Morgan fingerprint density at radius 2 is 1.48 bits per heavy atom. The molecule has 110 valence electrons. The molecule has 0 radical (unpaired) electrons. The van der Waals surface area contributed by atoms with Crippen molar-refractivity contribution in [2.45, 2.75) is 19.0 Å². The lowest BCUT2D eigenvalue weighted by atomic mass is 10.0. The molecule has 2 aromatic rings. The van der Waals surface area contributed by atoms with Crippen LogP contribution in [0.25, 0.3) is 0 Å². The molecule has 0 unspecified atom stereocenters. The number of carbonyl (C=O) groups excluding carboxylic acids is 1. The van der Waals surface area contributed by atoms with Crippen LogP contribution in [0.4, 0.5) is 17.6 Å². The van der Waals surface area contributed by atoms with Gasteiger partial charge >= 0.3 is 6.18 Å². The number of alkyl halides is 3. The van der Waals surface area contributed by atoms with Crippen LogP contribution in [-0.2, 0) is 23.8 Å². The van der Waals surface area contributed by atoms with Gasteiger partial charge in [-0.2, -0.15) is 13.2 Å². The normalized spacial score (nSPS) is 11.4. The van der Waals surface area contributed by atoms with Gasteiger partial charge in [-0.05, 0) is 29.3 Å². The van der Waals surface area contributed by atoms with E-state index < -0.39 is 17.6 Å². The van der Waals surface area contributed by atoms with Crippen LogP contribution in [0.5, 0.6) is 0 Å². The Kier molecular flexibility index (Phi) is 4.40. The summed E-state index contributed by atoms with van der Waals surface area (Å²) in [6, 6.07) is 10.3. The highest BCUT2D eigenvalue weighted by Crippen LogP contribution is 2.29. The second-order valence-electron chi connectivity index (χ2n) is 4.72. The molecule has 0 bridgehead atoms. The van der Waals surface area contributed by atoms with Crippen LogP contribution in [0.2, 0.25) is 0 Å². The number of hydrogen-bond donors (Lipinski definition) is 0. The zero-order valence-electron chi connectivity index (χ0n) is 11.0. The molecular formula is C16H12F4O. The van der Waals surface area contributed by atoms with Crippen LogP contribution in [0.1, 0.15) is 16.7 Å². The van der Waals surface area contributed by atoms with E-state index in [0.717, 1.165) is 12.1 Å². The van der Waals surface area contributed by atoms with E-state index in [2.05, 4.69) is 0 Å². The van der Waals surface area contributed by atoms with E-state index in [-0.39, 0.29) is 18.6 Å². The van der Waals surface area contributed by atoms with Crippen molar-refractivity contribution in [2.24, 2.45) is 0 Å². The molecule has 2 rings (SSSR count). The molecule has 21 heavy (non-hydrogen) atoms. The number of ketones is 1. The Hall–Kier alpha value is -2.17. The van der Waals surface area contributed by atoms with Gasteiger partial charge < -0.3 is 0 Å². The van der Waals surface area contributed by atoms with Gasteiger partial charge in [0.2, 0.25) is 0 Å². The average Bonchev–Trinajstić information content (AvgIpc) is 2.37. The van der Waals surface area contributed by atoms with Gasteiger partial charge in [-0.1, -0.05) is 30.3 Å². The summed E-state index contributed by atoms with van der Waals surface area (Å²) in [5.74, 6) is -0.709. The minimum absolute atomic E-state index is 0.00595. The molecule has 5 heteroatoms. The standard InChI is InChI=1S/C16H12F4O/c17-14-6-2-4-12(8-14)10-15(21)9-11-3-1-5-13(7-11)16(18,19)20/h1-8H,9-10H2. The summed E-state index contributed by atoms with van der Waals surface area (Å²) in [5, 5.41) is 0. The fraction of sp³-hybridized carbons (Fsp3) is 0.188. The molecule has 0 spiro atoms. The fourth-order valence-electron chi connectivity index (χ4n) is 2.02. The number of benzene rings is 2. The van der Waals surface area contributed by atoms with Crippen molar-refractivity contribution in [3.8, 4) is 0 Å². The number of carbonyl (C=O) groups is 1. The topological polar surface area (TPSA) is 17.1 Å². The van der Waals surface area contributed by atoms with Crippen molar-refractivity contribution in [1.29, 1.82) is 0 Å². The summed E-state index contributed by atoms with van der Waals surface area (Å²) >= 11 is 0. The molecule has 0 N–H and O–H groups in total. The number of hydrogen-bond acceptors (Lipinski definition) is 1. The maximum atomic E-state index is 13.0. The Balaban J connectivity index is 2.06. The Bertz CT molecular complexity index is 647. The van der Waals surface area contributed by atoms with Gasteiger partial charge in [-0.15, -0.1) is 0 Å². The largest absolute Gasteiger partial charge is 0.416 e. The number of rotatable bonds is 4. The van der Waals surface area contributed by atoms with Crippen LogP contribution < -0.4 is 0 Å². The monoisotopic (exact) mass is 296 g/mol. The first-order valence-corrected chi connectivity index (χ1v) is 6.27. The third-order valence-corrected chi connectivity index (χ3v) is 2.95. The first kappa shape index (κ1) is 15.2. The minimum atomic E-state index is -4.43. The quantitative estimate of drug-likeness (QED) is 0.773. The van der Waals surface area contributed by atoms with Gasteiger partial charge in [0.05, 0.1) is 5.56 Å². The van der Waals surface area contributed by atoms with E-state index in [1.54, 1.807) is 6.07 Å². The first-order valence-electron chi connectivity index (χ1n) is 6.27. The summed E-state index contributed by atoms with van der Waals surface area (Å²) < 4.78 is 50.7. The van der Waals surface area contributed by atoms with Gasteiger partial charge in [0, 0.05) is 12.8 Å². The zero-order valence-corrected chi connectivity index (χ0v) is 11.0. The highest BCUT2D eigenvalue weighted by Gasteiger charge is 2.30. The molecule has 0 aliphatic heterocycles. The minimum Gasteiger partial charge on any atom is -0.299 e. The molecule has 0 aromatic heterocycles. The molecule has 1 nitrogen and oxygen atoms in total. The van der Waals surface area contributed by atoms with Crippen molar-refractivity contribution in [3.63, 3.8) is 0 Å². The van der Waals surface area contributed by atoms with Crippen LogP contribution in [0, 0.1) is 5.82 Å². The van der Waals surface area contributed by atoms with E-state index in [0.29, 0.717) is 11.1 Å². The molecule has 0 fully saturated rings. The van der Waals surface area contributed by atoms with Crippen molar-refractivity contribution in [3.05, 3.63) is 71.0 Å². The van der Waals surface area contributed by atoms with Crippen molar-refractivity contribution in [2.75, 3.05) is 0 Å². The molecule has 0 amide bonds. The smallest absolute Gasteiger partial charge is 0.299 e. The van der Waals surface area contributed by atoms with E-state index >= 15 is 0 Å². The predicted molar refractivity (Wildman–Crippen MR) is 70.3 cm³/mol. The predicted octanol–water partition coefficient (Wildman–Crippen LogP) is 4.20. The highest BCUT2D eigenvalue weighted by molar-refractivity contribution is 5.83. The maximum Gasteiger partial charge on any atom is 0.416 e. The average molecular weight is 296 g/mol. The lowest BCUT2D eigenvalue weighted by molar-refractivity contribution is -0.137. The van der Waals surface area contributed by atoms with Crippen LogP contribution in [0.15, 0.2) is 48.5 Å². The zero-order chi connectivity index (χ0) is 15.5. The Morgan fingerprint density at radius 1 is 0.905 bits per heavy atom. The molecule has 0 aliphatic rings. The highest BCUT2D eigenvalue weighted by atomic mass is 19.4. The summed E-state index contributed by atoms with van der Waals surface area (Å²) in [7, 11) is 0. The van der Waals surface area contributed by atoms with Crippen LogP contribution in [0.3, 0.4) is 0 Å². The maximum absolute atomic E-state index is 13.0. The molecule has 0 saturated heterocycles. The molecule has 0 heterocycles. The summed E-state index contributed by atoms with van der Waals surface area (Å²) in [6.45, 7) is 0. The first-order chi connectivity index (χ1) is 9.84. The van der Waals surface area contributed by atoms with E-state index in [1.165, 1.54) is 30.3 Å². The summed E-state index contributed by atoms with van der Waals surface area (Å²) in [4.78, 5) is 11.9. The van der Waals surface area contributed by atoms with Gasteiger partial charge in [0.1, 0.15) is 11.6 Å². The third kappa shape index (κ3) is 4.41. The van der Waals surface area contributed by atoms with Crippen molar-refractivity contribution >= 4 is 5.78 Å². The van der Waals surface area contributed by atoms with Gasteiger partial charge in [-0.3, -0.25) is 4.79 Å². The number of Topliss-reactive ketones (excluding diaryl/α,β-unsaturated/α-hetero) is 1. The molecular weight excluding hydrogens is 284 g/mol. The van der Waals surface area contributed by atoms with E-state index in [1.807, 2.05) is 0 Å². The van der Waals surface area contributed by atoms with Gasteiger partial charge in [0.25, 0.3) is 0 Å². The van der Waals surface area contributed by atoms with E-state index in [4.69, 9.17) is 0 Å². The van der Waals surface area contributed by atoms with Crippen molar-refractivity contribution in [1.82, 2.24) is 0 Å². The summed E-state index contributed by atoms with van der Waals surface area (Å²) in [6.07, 6.45) is -4.55. The van der Waals surface area contributed by atoms with Gasteiger partial charge in [0.15, 0.2) is 0 Å². The van der Waals surface area contributed by atoms with Crippen molar-refractivity contribution < 1.29 is 22.4 Å². The molecule has 0 saturated carbocycles. The second kappa shape index (κ2) is 6.08. The fourth-order valence-corrected chi connectivity index (χ4v) is 2.02. The van der Waals surface area contributed by atoms with Crippen LogP contribution >= 0.6 is 0 Å². The molecule has 2 aromatic carbocycles. The van der Waals surface area contributed by atoms with Crippen LogP contribution in [-0.4, -0.2) is 5.78 Å². The van der Waals surface area contributed by atoms with Gasteiger partial charge in [-0.25, -0.2) is 4.39 Å².